The number of nitrogens with one attached hydrogen (secondary N) is 1. The van der Waals surface area contributed by atoms with Gasteiger partial charge in [-0.25, -0.2) is 9.97 Å². The molecular formula is C17H16F3N3O2S2. The molecule has 0 saturated heterocycles. The van der Waals surface area contributed by atoms with Crippen LogP contribution in [0.4, 0.5) is 18.3 Å². The lowest BCUT2D eigenvalue weighted by atomic mass is 9.78. The van der Waals surface area contributed by atoms with Crippen molar-refractivity contribution in [2.24, 2.45) is 5.41 Å². The highest BCUT2D eigenvalue weighted by atomic mass is 32.2. The minimum absolute atomic E-state index is 0.0257. The third-order valence-corrected chi connectivity index (χ3v) is 5.89. The molecule has 1 amide bonds. The molecule has 3 rings (SSSR count). The highest BCUT2D eigenvalue weighted by Gasteiger charge is 2.34. The summed E-state index contributed by atoms with van der Waals surface area (Å²) in [5.41, 5.74) is -0.283. The number of anilines is 1. The number of Topliss-reactive ketones (excluding diaryl/α,β-unsaturated/α-hetero) is 1. The number of ketones is 1. The van der Waals surface area contributed by atoms with Crippen molar-refractivity contribution in [2.45, 2.75) is 37.9 Å². The summed E-state index contributed by atoms with van der Waals surface area (Å²) < 4.78 is 37.5. The molecule has 10 heteroatoms. The Labute approximate surface area is 161 Å². The van der Waals surface area contributed by atoms with E-state index in [1.54, 1.807) is 0 Å². The van der Waals surface area contributed by atoms with E-state index in [2.05, 4.69) is 15.3 Å². The standard InChI is InChI=1S/C17H16F3N3O2S2/c1-16(2)5-10-14(11(24)6-16)27-15(22-10)23-12(25)8-26-13-4-3-9(7-21-13)17(18,19)20/h3-4,7H,5-6,8H2,1-2H3,(H,22,23,25). The van der Waals surface area contributed by atoms with Crippen LogP contribution in [0.1, 0.15) is 41.2 Å². The molecule has 1 aliphatic carbocycles. The van der Waals surface area contributed by atoms with Crippen molar-refractivity contribution in [1.29, 1.82) is 0 Å². The molecule has 2 aromatic rings. The Morgan fingerprint density at radius 1 is 1.33 bits per heavy atom. The number of rotatable bonds is 4. The quantitative estimate of drug-likeness (QED) is 0.748. The molecule has 0 aliphatic heterocycles. The molecule has 0 bridgehead atoms. The second-order valence-corrected chi connectivity index (χ2v) is 8.95. The zero-order chi connectivity index (χ0) is 19.8. The number of pyridine rings is 1. The van der Waals surface area contributed by atoms with Crippen LogP contribution in [0.3, 0.4) is 0 Å². The van der Waals surface area contributed by atoms with Crippen molar-refractivity contribution in [3.63, 3.8) is 0 Å². The lowest BCUT2D eigenvalue weighted by Crippen LogP contribution is -2.26. The van der Waals surface area contributed by atoms with Crippen LogP contribution in [-0.2, 0) is 17.4 Å². The van der Waals surface area contributed by atoms with Gasteiger partial charge in [0, 0.05) is 12.6 Å². The molecule has 0 unspecified atom stereocenters. The number of thioether (sulfide) groups is 1. The van der Waals surface area contributed by atoms with Gasteiger partial charge in [-0.05, 0) is 24.0 Å². The fourth-order valence-electron chi connectivity index (χ4n) is 2.70. The molecule has 0 atom stereocenters. The lowest BCUT2D eigenvalue weighted by Gasteiger charge is -2.26. The number of halogens is 3. The minimum atomic E-state index is -4.44. The van der Waals surface area contributed by atoms with Gasteiger partial charge in [0.25, 0.3) is 0 Å². The van der Waals surface area contributed by atoms with Crippen LogP contribution in [0.2, 0.25) is 0 Å². The first-order valence-corrected chi connectivity index (χ1v) is 9.82. The van der Waals surface area contributed by atoms with Crippen LogP contribution in [-0.4, -0.2) is 27.4 Å². The van der Waals surface area contributed by atoms with Gasteiger partial charge in [-0.15, -0.1) is 0 Å². The summed E-state index contributed by atoms with van der Waals surface area (Å²) >= 11 is 2.18. The van der Waals surface area contributed by atoms with E-state index in [0.29, 0.717) is 33.6 Å². The van der Waals surface area contributed by atoms with E-state index in [4.69, 9.17) is 0 Å². The van der Waals surface area contributed by atoms with Gasteiger partial charge in [0.1, 0.15) is 0 Å². The first kappa shape index (κ1) is 19.8. The van der Waals surface area contributed by atoms with Gasteiger partial charge < -0.3 is 5.32 Å². The Hall–Kier alpha value is -1.94. The van der Waals surface area contributed by atoms with Crippen LogP contribution in [0, 0.1) is 5.41 Å². The SMILES string of the molecule is CC1(C)CC(=O)c2sc(NC(=O)CSc3ccc(C(F)(F)F)cn3)nc2C1. The second kappa shape index (κ2) is 7.23. The van der Waals surface area contributed by atoms with Crippen LogP contribution in [0.15, 0.2) is 23.4 Å². The summed E-state index contributed by atoms with van der Waals surface area (Å²) in [6.07, 6.45) is -2.58. The van der Waals surface area contributed by atoms with Gasteiger partial charge in [-0.1, -0.05) is 36.9 Å². The molecule has 0 spiro atoms. The van der Waals surface area contributed by atoms with Gasteiger partial charge >= 0.3 is 6.18 Å². The Balaban J connectivity index is 1.58. The third-order valence-electron chi connectivity index (χ3n) is 3.90. The molecule has 0 aromatic carbocycles. The average molecular weight is 415 g/mol. The van der Waals surface area contributed by atoms with Crippen LogP contribution < -0.4 is 5.32 Å². The van der Waals surface area contributed by atoms with Crippen LogP contribution in [0.5, 0.6) is 0 Å². The van der Waals surface area contributed by atoms with E-state index in [9.17, 15) is 22.8 Å². The number of hydrogen-bond acceptors (Lipinski definition) is 6. The third kappa shape index (κ3) is 4.86. The van der Waals surface area contributed by atoms with E-state index in [1.807, 2.05) is 13.8 Å². The predicted molar refractivity (Wildman–Crippen MR) is 97.1 cm³/mol. The van der Waals surface area contributed by atoms with E-state index in [0.717, 1.165) is 35.4 Å². The Morgan fingerprint density at radius 3 is 2.70 bits per heavy atom. The van der Waals surface area contributed by atoms with Crippen molar-refractivity contribution in [1.82, 2.24) is 9.97 Å². The number of amides is 1. The smallest absolute Gasteiger partial charge is 0.301 e. The minimum Gasteiger partial charge on any atom is -0.301 e. The van der Waals surface area contributed by atoms with Crippen LogP contribution >= 0.6 is 23.1 Å². The Bertz CT molecular complexity index is 877. The van der Waals surface area contributed by atoms with E-state index in [-0.39, 0.29) is 22.9 Å². The van der Waals surface area contributed by atoms with Crippen molar-refractivity contribution >= 4 is 39.9 Å². The van der Waals surface area contributed by atoms with Crippen molar-refractivity contribution in [3.05, 3.63) is 34.5 Å². The molecule has 2 aromatic heterocycles. The largest absolute Gasteiger partial charge is 0.417 e. The number of carbonyl (C=O) groups is 2. The maximum atomic E-state index is 12.5. The number of alkyl halides is 3. The Kier molecular flexibility index (Phi) is 5.31. The maximum absolute atomic E-state index is 12.5. The van der Waals surface area contributed by atoms with Crippen molar-refractivity contribution in [2.75, 3.05) is 11.1 Å². The number of fused-ring (bicyclic) bond motifs is 1. The van der Waals surface area contributed by atoms with Gasteiger partial charge in [-0.3, -0.25) is 9.59 Å². The second-order valence-electron chi connectivity index (χ2n) is 6.96. The van der Waals surface area contributed by atoms with Crippen molar-refractivity contribution in [3.8, 4) is 0 Å². The van der Waals surface area contributed by atoms with E-state index >= 15 is 0 Å². The summed E-state index contributed by atoms with van der Waals surface area (Å²) in [6, 6.07) is 2.15. The molecule has 2 heterocycles. The predicted octanol–water partition coefficient (Wildman–Crippen LogP) is 4.44. The molecule has 144 valence electrons. The highest BCUT2D eigenvalue weighted by molar-refractivity contribution is 7.99. The zero-order valence-electron chi connectivity index (χ0n) is 14.5. The zero-order valence-corrected chi connectivity index (χ0v) is 16.1. The maximum Gasteiger partial charge on any atom is 0.417 e. The summed E-state index contributed by atoms with van der Waals surface area (Å²) in [4.78, 5) is 32.9. The van der Waals surface area contributed by atoms with Crippen LogP contribution in [0.25, 0.3) is 0 Å². The fourth-order valence-corrected chi connectivity index (χ4v) is 4.28. The van der Waals surface area contributed by atoms with Crippen molar-refractivity contribution < 1.29 is 22.8 Å². The Morgan fingerprint density at radius 2 is 2.07 bits per heavy atom. The normalized spacial score (nSPS) is 16.1. The fraction of sp³-hybridized carbons (Fsp3) is 0.412. The van der Waals surface area contributed by atoms with Gasteiger partial charge in [0.05, 0.1) is 26.9 Å². The summed E-state index contributed by atoms with van der Waals surface area (Å²) in [5.74, 6) is -0.357. The summed E-state index contributed by atoms with van der Waals surface area (Å²) in [5, 5.41) is 3.31. The summed E-state index contributed by atoms with van der Waals surface area (Å²) in [6.45, 7) is 4.00. The van der Waals surface area contributed by atoms with E-state index in [1.165, 1.54) is 6.07 Å². The number of thiazole rings is 1. The number of hydrogen-bond donors (Lipinski definition) is 1. The molecule has 1 N–H and O–H groups in total. The lowest BCUT2D eigenvalue weighted by molar-refractivity contribution is -0.137. The summed E-state index contributed by atoms with van der Waals surface area (Å²) in [7, 11) is 0. The molecule has 0 fully saturated rings. The monoisotopic (exact) mass is 415 g/mol. The van der Waals surface area contributed by atoms with E-state index < -0.39 is 11.7 Å². The molecule has 27 heavy (non-hydrogen) atoms. The number of nitrogens with zero attached hydrogens (tertiary/aromatic N) is 2. The molecular weight excluding hydrogens is 399 g/mol. The molecule has 0 radical (unpaired) electrons. The van der Waals surface area contributed by atoms with Gasteiger partial charge in [0.2, 0.25) is 5.91 Å². The first-order valence-electron chi connectivity index (χ1n) is 8.02. The molecule has 0 saturated carbocycles. The molecule has 5 nitrogen and oxygen atoms in total. The highest BCUT2D eigenvalue weighted by Crippen LogP contribution is 2.38. The topological polar surface area (TPSA) is 72.0 Å². The first-order chi connectivity index (χ1) is 12.5. The molecule has 1 aliphatic rings. The number of carbonyl (C=O) groups excluding carboxylic acids is 2. The van der Waals surface area contributed by atoms with Gasteiger partial charge in [0.15, 0.2) is 10.9 Å². The van der Waals surface area contributed by atoms with Gasteiger partial charge in [-0.2, -0.15) is 13.2 Å². The number of aromatic nitrogens is 2. The average Bonchev–Trinajstić information content (AvgIpc) is 2.93.